The van der Waals surface area contributed by atoms with Crippen LogP contribution < -0.4 is 5.32 Å². The molecule has 20 heavy (non-hydrogen) atoms. The number of hydrogen-bond donors (Lipinski definition) is 1. The Hall–Kier alpha value is -0.200. The summed E-state index contributed by atoms with van der Waals surface area (Å²) < 4.78 is 16.7. The van der Waals surface area contributed by atoms with E-state index in [0.717, 1.165) is 45.8 Å². The molecule has 2 rings (SSSR count). The molecule has 4 unspecified atom stereocenters. The molecular weight excluding hydrogens is 256 g/mol. The second kappa shape index (κ2) is 8.29. The molecule has 5 heteroatoms. The highest BCUT2D eigenvalue weighted by atomic mass is 16.5. The molecule has 0 radical (unpaired) electrons. The molecule has 2 heterocycles. The molecule has 0 aromatic carbocycles. The zero-order chi connectivity index (χ0) is 14.4. The zero-order valence-electron chi connectivity index (χ0n) is 13.1. The van der Waals surface area contributed by atoms with Crippen LogP contribution in [0.1, 0.15) is 19.8 Å². The van der Waals surface area contributed by atoms with Crippen LogP contribution in [0.2, 0.25) is 0 Å². The van der Waals surface area contributed by atoms with Crippen LogP contribution in [0.5, 0.6) is 0 Å². The Morgan fingerprint density at radius 1 is 1.20 bits per heavy atom. The van der Waals surface area contributed by atoms with Gasteiger partial charge in [0, 0.05) is 52.4 Å². The van der Waals surface area contributed by atoms with Crippen molar-refractivity contribution in [2.24, 2.45) is 5.92 Å². The lowest BCUT2D eigenvalue weighted by Crippen LogP contribution is -2.47. The Labute approximate surface area is 122 Å². The number of nitrogens with one attached hydrogen (secondary N) is 1. The number of methoxy groups -OCH3 is 2. The molecule has 2 fully saturated rings. The highest BCUT2D eigenvalue weighted by Gasteiger charge is 2.35. The fourth-order valence-electron chi connectivity index (χ4n) is 3.33. The maximum absolute atomic E-state index is 5.68. The van der Waals surface area contributed by atoms with Gasteiger partial charge in [0.2, 0.25) is 0 Å². The van der Waals surface area contributed by atoms with Crippen molar-refractivity contribution < 1.29 is 14.2 Å². The topological polar surface area (TPSA) is 43.0 Å². The van der Waals surface area contributed by atoms with Gasteiger partial charge < -0.3 is 19.5 Å². The molecule has 0 saturated carbocycles. The van der Waals surface area contributed by atoms with Crippen LogP contribution in [0.3, 0.4) is 0 Å². The highest BCUT2D eigenvalue weighted by Crippen LogP contribution is 2.21. The smallest absolute Gasteiger partial charge is 0.0971 e. The van der Waals surface area contributed by atoms with Crippen LogP contribution in [-0.4, -0.2) is 76.8 Å². The van der Waals surface area contributed by atoms with Gasteiger partial charge in [-0.1, -0.05) is 6.92 Å². The average Bonchev–Trinajstić information content (AvgIpc) is 2.88. The van der Waals surface area contributed by atoms with Crippen LogP contribution in [0.4, 0.5) is 0 Å². The van der Waals surface area contributed by atoms with E-state index in [-0.39, 0.29) is 12.2 Å². The number of nitrogens with zero attached hydrogens (tertiary/aromatic N) is 1. The van der Waals surface area contributed by atoms with Crippen molar-refractivity contribution in [3.63, 3.8) is 0 Å². The first-order valence-corrected chi connectivity index (χ1v) is 7.87. The average molecular weight is 286 g/mol. The second-order valence-corrected chi connectivity index (χ2v) is 5.95. The molecule has 2 aliphatic rings. The minimum atomic E-state index is 0.201. The van der Waals surface area contributed by atoms with Crippen LogP contribution in [0.25, 0.3) is 0 Å². The molecule has 118 valence electrons. The lowest BCUT2D eigenvalue weighted by Gasteiger charge is -2.34. The summed E-state index contributed by atoms with van der Waals surface area (Å²) in [7, 11) is 3.55. The third-order valence-electron chi connectivity index (χ3n) is 4.52. The summed E-state index contributed by atoms with van der Waals surface area (Å²) in [6.07, 6.45) is 2.71. The van der Waals surface area contributed by atoms with E-state index in [9.17, 15) is 0 Å². The van der Waals surface area contributed by atoms with Gasteiger partial charge in [-0.25, -0.2) is 0 Å². The van der Waals surface area contributed by atoms with Crippen molar-refractivity contribution in [2.75, 3.05) is 53.6 Å². The van der Waals surface area contributed by atoms with E-state index < -0.39 is 0 Å². The summed E-state index contributed by atoms with van der Waals surface area (Å²) in [5.41, 5.74) is 0. The van der Waals surface area contributed by atoms with Gasteiger partial charge in [0.1, 0.15) is 0 Å². The van der Waals surface area contributed by atoms with Gasteiger partial charge >= 0.3 is 0 Å². The highest BCUT2D eigenvalue weighted by molar-refractivity contribution is 4.89. The van der Waals surface area contributed by atoms with Crippen LogP contribution in [-0.2, 0) is 14.2 Å². The first-order valence-electron chi connectivity index (χ1n) is 7.87. The van der Waals surface area contributed by atoms with E-state index in [1.807, 2.05) is 0 Å². The van der Waals surface area contributed by atoms with Crippen molar-refractivity contribution in [1.82, 2.24) is 10.2 Å². The second-order valence-electron chi connectivity index (χ2n) is 5.95. The molecule has 2 aliphatic heterocycles. The maximum atomic E-state index is 5.68. The Bertz CT molecular complexity index is 266. The van der Waals surface area contributed by atoms with Crippen molar-refractivity contribution in [2.45, 2.75) is 38.0 Å². The molecule has 0 aromatic heterocycles. The van der Waals surface area contributed by atoms with Gasteiger partial charge in [-0.2, -0.15) is 0 Å². The molecule has 2 saturated heterocycles. The summed E-state index contributed by atoms with van der Waals surface area (Å²) in [5.74, 6) is 0.573. The largest absolute Gasteiger partial charge is 0.381 e. The van der Waals surface area contributed by atoms with Gasteiger partial charge in [-0.3, -0.25) is 4.90 Å². The molecule has 0 bridgehead atoms. The van der Waals surface area contributed by atoms with Crippen molar-refractivity contribution in [3.8, 4) is 0 Å². The minimum Gasteiger partial charge on any atom is -0.381 e. The summed E-state index contributed by atoms with van der Waals surface area (Å²) in [5, 5.41) is 3.68. The SMILES string of the molecule is CCCNC1CCOCC1CN1CC(OC)C(OC)C1. The Morgan fingerprint density at radius 2 is 1.90 bits per heavy atom. The van der Waals surface area contributed by atoms with Crippen molar-refractivity contribution in [1.29, 1.82) is 0 Å². The predicted octanol–water partition coefficient (Wildman–Crippen LogP) is 0.737. The standard InChI is InChI=1S/C15H30N2O3/c1-4-6-16-13-5-7-20-11-12(13)8-17-9-14(18-2)15(10-17)19-3/h12-16H,4-11H2,1-3H3. The quantitative estimate of drug-likeness (QED) is 0.748. The first kappa shape index (κ1) is 16.2. The number of likely N-dealkylation sites (tertiary alicyclic amines) is 1. The molecule has 0 spiro atoms. The van der Waals surface area contributed by atoms with E-state index in [1.165, 1.54) is 6.42 Å². The van der Waals surface area contributed by atoms with E-state index in [0.29, 0.717) is 12.0 Å². The van der Waals surface area contributed by atoms with Gasteiger partial charge in [-0.15, -0.1) is 0 Å². The van der Waals surface area contributed by atoms with Crippen molar-refractivity contribution >= 4 is 0 Å². The maximum Gasteiger partial charge on any atom is 0.0971 e. The molecule has 5 nitrogen and oxygen atoms in total. The fourth-order valence-corrected chi connectivity index (χ4v) is 3.33. The van der Waals surface area contributed by atoms with Crippen LogP contribution >= 0.6 is 0 Å². The predicted molar refractivity (Wildman–Crippen MR) is 79.0 cm³/mol. The van der Waals surface area contributed by atoms with E-state index in [1.54, 1.807) is 14.2 Å². The molecule has 1 N–H and O–H groups in total. The zero-order valence-corrected chi connectivity index (χ0v) is 13.1. The summed E-state index contributed by atoms with van der Waals surface area (Å²) >= 11 is 0. The number of hydrogen-bond acceptors (Lipinski definition) is 5. The Morgan fingerprint density at radius 3 is 2.50 bits per heavy atom. The lowest BCUT2D eigenvalue weighted by molar-refractivity contribution is -0.00461. The fraction of sp³-hybridized carbons (Fsp3) is 1.00. The minimum absolute atomic E-state index is 0.201. The lowest BCUT2D eigenvalue weighted by atomic mass is 9.95. The Kier molecular flexibility index (Phi) is 6.71. The van der Waals surface area contributed by atoms with Crippen molar-refractivity contribution in [3.05, 3.63) is 0 Å². The molecule has 0 aliphatic carbocycles. The third kappa shape index (κ3) is 4.15. The summed E-state index contributed by atoms with van der Waals surface area (Å²) in [6.45, 7) is 8.07. The molecule has 0 aromatic rings. The summed E-state index contributed by atoms with van der Waals surface area (Å²) in [4.78, 5) is 2.46. The van der Waals surface area contributed by atoms with Crippen LogP contribution in [0.15, 0.2) is 0 Å². The third-order valence-corrected chi connectivity index (χ3v) is 4.52. The molecule has 0 amide bonds. The van der Waals surface area contributed by atoms with Crippen LogP contribution in [0, 0.1) is 5.92 Å². The number of ether oxygens (including phenoxy) is 3. The van der Waals surface area contributed by atoms with Gasteiger partial charge in [0.25, 0.3) is 0 Å². The van der Waals surface area contributed by atoms with E-state index in [4.69, 9.17) is 14.2 Å². The molecule has 4 atom stereocenters. The van der Waals surface area contributed by atoms with E-state index >= 15 is 0 Å². The van der Waals surface area contributed by atoms with Gasteiger partial charge in [0.05, 0.1) is 18.8 Å². The normalized spacial score (nSPS) is 35.5. The summed E-state index contributed by atoms with van der Waals surface area (Å²) in [6, 6.07) is 0.589. The van der Waals surface area contributed by atoms with Gasteiger partial charge in [0.15, 0.2) is 0 Å². The monoisotopic (exact) mass is 286 g/mol. The van der Waals surface area contributed by atoms with E-state index in [2.05, 4.69) is 17.1 Å². The molecular formula is C15H30N2O3. The van der Waals surface area contributed by atoms with Gasteiger partial charge in [-0.05, 0) is 19.4 Å². The first-order chi connectivity index (χ1) is 9.78. The number of rotatable bonds is 7. The Balaban J connectivity index is 1.84.